The van der Waals surface area contributed by atoms with Crippen LogP contribution in [0, 0.1) is 5.82 Å². The lowest BCUT2D eigenvalue weighted by Crippen LogP contribution is -2.35. The summed E-state index contributed by atoms with van der Waals surface area (Å²) in [5, 5.41) is 3.17. The van der Waals surface area contributed by atoms with Gasteiger partial charge in [-0.25, -0.2) is 14.2 Å². The normalized spacial score (nSPS) is 13.4. The number of benzene rings is 1. The highest BCUT2D eigenvalue weighted by atomic mass is 32.1. The van der Waals surface area contributed by atoms with Crippen molar-refractivity contribution in [1.29, 1.82) is 0 Å². The van der Waals surface area contributed by atoms with Gasteiger partial charge in [0.15, 0.2) is 5.13 Å². The number of rotatable bonds is 2. The van der Waals surface area contributed by atoms with E-state index in [1.807, 2.05) is 0 Å². The number of halogens is 1. The SMILES string of the molecule is COC(=O)N1CCc2nc(NC(=O)c3ccc(F)cc3)sc2C1. The van der Waals surface area contributed by atoms with Crippen LogP contribution in [0.15, 0.2) is 24.3 Å². The largest absolute Gasteiger partial charge is 0.453 e. The molecule has 6 nitrogen and oxygen atoms in total. The molecule has 120 valence electrons. The summed E-state index contributed by atoms with van der Waals surface area (Å²) in [5.74, 6) is -0.741. The highest BCUT2D eigenvalue weighted by Crippen LogP contribution is 2.28. The van der Waals surface area contributed by atoms with Crippen LogP contribution in [-0.2, 0) is 17.7 Å². The molecule has 2 heterocycles. The molecule has 2 aromatic rings. The first-order chi connectivity index (χ1) is 11.1. The molecule has 8 heteroatoms. The Bertz CT molecular complexity index is 745. The summed E-state index contributed by atoms with van der Waals surface area (Å²) in [6.07, 6.45) is 0.244. The van der Waals surface area contributed by atoms with Gasteiger partial charge in [0.05, 0.1) is 19.3 Å². The number of methoxy groups -OCH3 is 1. The lowest BCUT2D eigenvalue weighted by molar-refractivity contribution is 0.102. The van der Waals surface area contributed by atoms with Gasteiger partial charge in [0.1, 0.15) is 5.82 Å². The van der Waals surface area contributed by atoms with Gasteiger partial charge in [0.2, 0.25) is 0 Å². The number of anilines is 1. The van der Waals surface area contributed by atoms with Crippen LogP contribution < -0.4 is 5.32 Å². The predicted octanol–water partition coefficient (Wildman–Crippen LogP) is 2.66. The summed E-state index contributed by atoms with van der Waals surface area (Å²) < 4.78 is 17.6. The molecular weight excluding hydrogens is 321 g/mol. The van der Waals surface area contributed by atoms with E-state index in [2.05, 4.69) is 10.3 Å². The van der Waals surface area contributed by atoms with Crippen molar-refractivity contribution in [1.82, 2.24) is 9.88 Å². The molecule has 0 radical (unpaired) electrons. The molecule has 1 aliphatic heterocycles. The average Bonchev–Trinajstić information content (AvgIpc) is 2.95. The minimum atomic E-state index is -0.394. The summed E-state index contributed by atoms with van der Waals surface area (Å²) in [5.41, 5.74) is 1.24. The molecule has 0 atom stereocenters. The molecular formula is C15H14FN3O3S. The number of hydrogen-bond donors (Lipinski definition) is 1. The second-order valence-electron chi connectivity index (χ2n) is 4.99. The van der Waals surface area contributed by atoms with Gasteiger partial charge in [-0.05, 0) is 24.3 Å². The Kier molecular flexibility index (Phi) is 4.24. The van der Waals surface area contributed by atoms with Crippen LogP contribution in [0.1, 0.15) is 20.9 Å². The molecule has 0 spiro atoms. The van der Waals surface area contributed by atoms with Crippen LogP contribution in [0.5, 0.6) is 0 Å². The van der Waals surface area contributed by atoms with E-state index in [0.29, 0.717) is 30.2 Å². The van der Waals surface area contributed by atoms with Crippen LogP contribution in [0.3, 0.4) is 0 Å². The first-order valence-electron chi connectivity index (χ1n) is 6.95. The number of fused-ring (bicyclic) bond motifs is 1. The Balaban J connectivity index is 1.71. The summed E-state index contributed by atoms with van der Waals surface area (Å²) >= 11 is 1.33. The Morgan fingerprint density at radius 2 is 2.09 bits per heavy atom. The van der Waals surface area contributed by atoms with E-state index in [-0.39, 0.29) is 12.0 Å². The zero-order valence-electron chi connectivity index (χ0n) is 12.3. The zero-order chi connectivity index (χ0) is 16.4. The van der Waals surface area contributed by atoms with Gasteiger partial charge in [0, 0.05) is 23.4 Å². The topological polar surface area (TPSA) is 71.5 Å². The van der Waals surface area contributed by atoms with Crippen molar-refractivity contribution in [3.63, 3.8) is 0 Å². The molecule has 0 bridgehead atoms. The number of hydrogen-bond acceptors (Lipinski definition) is 5. The van der Waals surface area contributed by atoms with E-state index in [1.165, 1.54) is 42.7 Å². The van der Waals surface area contributed by atoms with E-state index in [0.717, 1.165) is 10.6 Å². The Hall–Kier alpha value is -2.48. The van der Waals surface area contributed by atoms with Crippen LogP contribution in [0.2, 0.25) is 0 Å². The molecule has 2 amide bonds. The van der Waals surface area contributed by atoms with Crippen molar-refractivity contribution in [2.45, 2.75) is 13.0 Å². The standard InChI is InChI=1S/C15H14FN3O3S/c1-22-15(21)19-7-6-11-12(8-19)23-14(17-11)18-13(20)9-2-4-10(16)5-3-9/h2-5H,6-8H2,1H3,(H,17,18,20). The van der Waals surface area contributed by atoms with Crippen LogP contribution >= 0.6 is 11.3 Å². The highest BCUT2D eigenvalue weighted by molar-refractivity contribution is 7.15. The van der Waals surface area contributed by atoms with E-state index in [9.17, 15) is 14.0 Å². The van der Waals surface area contributed by atoms with Crippen molar-refractivity contribution >= 4 is 28.5 Å². The summed E-state index contributed by atoms with van der Waals surface area (Å²) in [4.78, 5) is 30.6. The molecule has 0 unspecified atom stereocenters. The molecule has 3 rings (SSSR count). The maximum Gasteiger partial charge on any atom is 0.409 e. The van der Waals surface area contributed by atoms with Gasteiger partial charge >= 0.3 is 6.09 Å². The first-order valence-corrected chi connectivity index (χ1v) is 7.77. The van der Waals surface area contributed by atoms with Gasteiger partial charge in [0.25, 0.3) is 5.91 Å². The summed E-state index contributed by atoms with van der Waals surface area (Å²) in [7, 11) is 1.35. The lowest BCUT2D eigenvalue weighted by Gasteiger charge is -2.24. The number of nitrogens with zero attached hydrogens (tertiary/aromatic N) is 2. The maximum absolute atomic E-state index is 12.9. The van der Waals surface area contributed by atoms with Crippen molar-refractivity contribution in [3.05, 3.63) is 46.2 Å². The molecule has 0 saturated heterocycles. The zero-order valence-corrected chi connectivity index (χ0v) is 13.2. The Morgan fingerprint density at radius 1 is 1.35 bits per heavy atom. The highest BCUT2D eigenvalue weighted by Gasteiger charge is 2.25. The lowest BCUT2D eigenvalue weighted by atomic mass is 10.2. The van der Waals surface area contributed by atoms with E-state index in [1.54, 1.807) is 4.90 Å². The minimum Gasteiger partial charge on any atom is -0.453 e. The Morgan fingerprint density at radius 3 is 2.78 bits per heavy atom. The van der Waals surface area contributed by atoms with Gasteiger partial charge in [-0.15, -0.1) is 0 Å². The molecule has 0 fully saturated rings. The number of aromatic nitrogens is 1. The smallest absolute Gasteiger partial charge is 0.409 e. The van der Waals surface area contributed by atoms with Crippen molar-refractivity contribution < 1.29 is 18.7 Å². The maximum atomic E-state index is 12.9. The van der Waals surface area contributed by atoms with Crippen LogP contribution in [-0.4, -0.2) is 35.5 Å². The average molecular weight is 335 g/mol. The number of thiazole rings is 1. The third kappa shape index (κ3) is 3.31. The molecule has 23 heavy (non-hydrogen) atoms. The second kappa shape index (κ2) is 6.33. The Labute approximate surface area is 135 Å². The van der Waals surface area contributed by atoms with Gasteiger partial charge < -0.3 is 9.64 Å². The summed E-state index contributed by atoms with van der Waals surface area (Å²) in [6, 6.07) is 5.29. The van der Waals surface area contributed by atoms with Crippen molar-refractivity contribution in [2.24, 2.45) is 0 Å². The number of carbonyl (C=O) groups is 2. The molecule has 1 aliphatic rings. The second-order valence-corrected chi connectivity index (χ2v) is 6.08. The van der Waals surface area contributed by atoms with Gasteiger partial charge in [-0.2, -0.15) is 0 Å². The summed E-state index contributed by atoms with van der Waals surface area (Å²) in [6.45, 7) is 0.959. The van der Waals surface area contributed by atoms with Crippen molar-refractivity contribution in [2.75, 3.05) is 19.0 Å². The fourth-order valence-corrected chi connectivity index (χ4v) is 3.32. The number of amides is 2. The van der Waals surface area contributed by atoms with Gasteiger partial charge in [-0.1, -0.05) is 11.3 Å². The quantitative estimate of drug-likeness (QED) is 0.916. The predicted molar refractivity (Wildman–Crippen MR) is 83.0 cm³/mol. The third-order valence-electron chi connectivity index (χ3n) is 3.49. The van der Waals surface area contributed by atoms with E-state index >= 15 is 0 Å². The van der Waals surface area contributed by atoms with Crippen LogP contribution in [0.25, 0.3) is 0 Å². The first kappa shape index (κ1) is 15.4. The molecule has 1 aromatic heterocycles. The molecule has 1 aromatic carbocycles. The minimum absolute atomic E-state index is 0.346. The number of carbonyl (C=O) groups excluding carboxylic acids is 2. The van der Waals surface area contributed by atoms with Crippen molar-refractivity contribution in [3.8, 4) is 0 Å². The van der Waals surface area contributed by atoms with E-state index < -0.39 is 5.82 Å². The fraction of sp³-hybridized carbons (Fsp3) is 0.267. The monoisotopic (exact) mass is 335 g/mol. The van der Waals surface area contributed by atoms with Crippen LogP contribution in [0.4, 0.5) is 14.3 Å². The molecule has 1 N–H and O–H groups in total. The molecule has 0 aliphatic carbocycles. The third-order valence-corrected chi connectivity index (χ3v) is 4.49. The van der Waals surface area contributed by atoms with Gasteiger partial charge in [-0.3, -0.25) is 10.1 Å². The number of nitrogens with one attached hydrogen (secondary N) is 1. The molecule has 0 saturated carbocycles. The number of ether oxygens (including phenoxy) is 1. The fourth-order valence-electron chi connectivity index (χ4n) is 2.30. The van der Waals surface area contributed by atoms with E-state index in [4.69, 9.17) is 4.74 Å².